The van der Waals surface area contributed by atoms with Crippen molar-refractivity contribution in [2.45, 2.75) is 52.2 Å². The van der Waals surface area contributed by atoms with Crippen LogP contribution >= 0.6 is 0 Å². The summed E-state index contributed by atoms with van der Waals surface area (Å²) < 4.78 is 20.6. The smallest absolute Gasteiger partial charge is 0.254 e. The molecular weight excluding hydrogens is 405 g/mol. The maximum absolute atomic E-state index is 14.9. The lowest BCUT2D eigenvalue weighted by Crippen LogP contribution is -2.32. The Morgan fingerprint density at radius 2 is 2.09 bits per heavy atom. The van der Waals surface area contributed by atoms with Crippen molar-refractivity contribution in [2.75, 3.05) is 20.2 Å². The van der Waals surface area contributed by atoms with Crippen molar-refractivity contribution in [3.05, 3.63) is 69.0 Å². The molecule has 1 fully saturated rings. The molecule has 1 unspecified atom stereocenters. The summed E-state index contributed by atoms with van der Waals surface area (Å²) >= 11 is 0. The predicted molar refractivity (Wildman–Crippen MR) is 125 cm³/mol. The molecule has 0 radical (unpaired) electrons. The average Bonchev–Trinajstić information content (AvgIpc) is 3.40. The molecule has 6 heteroatoms. The van der Waals surface area contributed by atoms with E-state index in [1.807, 2.05) is 17.9 Å². The van der Waals surface area contributed by atoms with Crippen LogP contribution < -0.4 is 0 Å². The average molecular weight is 436 g/mol. The normalized spacial score (nSPS) is 18.1. The molecule has 0 aliphatic carbocycles. The topological polar surface area (TPSA) is 65.8 Å². The summed E-state index contributed by atoms with van der Waals surface area (Å²) in [6.07, 6.45) is 4.62. The van der Waals surface area contributed by atoms with Gasteiger partial charge in [-0.05, 0) is 72.2 Å². The molecular formula is C26H30FN3O2. The van der Waals surface area contributed by atoms with Gasteiger partial charge in [0.1, 0.15) is 5.82 Å². The van der Waals surface area contributed by atoms with Gasteiger partial charge in [-0.25, -0.2) is 4.39 Å². The third-order valence-corrected chi connectivity index (χ3v) is 6.72. The lowest BCUT2D eigenvalue weighted by molar-refractivity contribution is 0.0545. The molecule has 0 bridgehead atoms. The molecule has 1 amide bonds. The molecule has 2 heterocycles. The van der Waals surface area contributed by atoms with Crippen molar-refractivity contribution >= 4 is 17.8 Å². The van der Waals surface area contributed by atoms with Gasteiger partial charge in [-0.3, -0.25) is 4.79 Å². The van der Waals surface area contributed by atoms with Crippen LogP contribution in [0.5, 0.6) is 0 Å². The predicted octanol–water partition coefficient (Wildman–Crippen LogP) is 4.63. The van der Waals surface area contributed by atoms with Crippen LogP contribution in [0.3, 0.4) is 0 Å². The number of halogens is 1. The Balaban J connectivity index is 1.56. The van der Waals surface area contributed by atoms with E-state index in [0.717, 1.165) is 47.3 Å². The molecule has 5 nitrogen and oxygen atoms in total. The van der Waals surface area contributed by atoms with E-state index < -0.39 is 0 Å². The van der Waals surface area contributed by atoms with E-state index in [1.165, 1.54) is 6.07 Å². The minimum Gasteiger partial charge on any atom is -0.376 e. The number of nitrogens with one attached hydrogen (secondary N) is 1. The van der Waals surface area contributed by atoms with Gasteiger partial charge in [-0.2, -0.15) is 0 Å². The van der Waals surface area contributed by atoms with Gasteiger partial charge < -0.3 is 20.0 Å². The molecule has 0 saturated carbocycles. The van der Waals surface area contributed by atoms with E-state index in [1.54, 1.807) is 25.4 Å². The van der Waals surface area contributed by atoms with Gasteiger partial charge in [0.25, 0.3) is 5.91 Å². The van der Waals surface area contributed by atoms with Crippen LogP contribution in [0.15, 0.2) is 29.3 Å². The van der Waals surface area contributed by atoms with E-state index >= 15 is 0 Å². The highest BCUT2D eigenvalue weighted by Gasteiger charge is 2.32. The van der Waals surface area contributed by atoms with Gasteiger partial charge >= 0.3 is 0 Å². The fraction of sp³-hybridized carbons (Fsp3) is 0.423. The quantitative estimate of drug-likeness (QED) is 0.645. The van der Waals surface area contributed by atoms with Crippen molar-refractivity contribution in [3.63, 3.8) is 0 Å². The first-order chi connectivity index (χ1) is 15.4. The van der Waals surface area contributed by atoms with Crippen molar-refractivity contribution in [1.82, 2.24) is 4.90 Å². The third-order valence-electron chi connectivity index (χ3n) is 6.72. The first-order valence-electron chi connectivity index (χ1n) is 11.2. The highest BCUT2D eigenvalue weighted by Crippen LogP contribution is 2.32. The van der Waals surface area contributed by atoms with Crippen LogP contribution in [0.2, 0.25) is 0 Å². The van der Waals surface area contributed by atoms with E-state index in [0.29, 0.717) is 42.8 Å². The van der Waals surface area contributed by atoms with Crippen LogP contribution in [0.1, 0.15) is 63.0 Å². The number of benzene rings is 2. The first kappa shape index (κ1) is 22.3. The zero-order valence-electron chi connectivity index (χ0n) is 19.0. The van der Waals surface area contributed by atoms with Crippen molar-refractivity contribution in [1.29, 1.82) is 5.41 Å². The molecule has 0 spiro atoms. The lowest BCUT2D eigenvalue weighted by atomic mass is 9.90. The number of nitrogens with zero attached hydrogens (tertiary/aromatic N) is 2. The molecule has 4 rings (SSSR count). The third kappa shape index (κ3) is 4.37. The Labute approximate surface area is 188 Å². The van der Waals surface area contributed by atoms with E-state index in [9.17, 15) is 9.18 Å². The number of hydrogen-bond donors (Lipinski definition) is 1. The van der Waals surface area contributed by atoms with Gasteiger partial charge in [0.15, 0.2) is 0 Å². The number of fused-ring (bicyclic) bond motifs is 1. The van der Waals surface area contributed by atoms with Crippen LogP contribution in [-0.2, 0) is 17.7 Å². The number of rotatable bonds is 7. The molecule has 2 aliphatic heterocycles. The molecule has 1 N–H and O–H groups in total. The Morgan fingerprint density at radius 3 is 2.78 bits per heavy atom. The second-order valence-corrected chi connectivity index (χ2v) is 8.74. The Kier molecular flexibility index (Phi) is 6.51. The van der Waals surface area contributed by atoms with Crippen LogP contribution in [0, 0.1) is 25.1 Å². The summed E-state index contributed by atoms with van der Waals surface area (Å²) in [5.74, 6) is -0.286. The van der Waals surface area contributed by atoms with Crippen LogP contribution in [0.4, 0.5) is 4.39 Å². The minimum atomic E-state index is -0.329. The Hall–Kier alpha value is -2.86. The number of amides is 1. The highest BCUT2D eigenvalue weighted by atomic mass is 19.1. The number of ether oxygens (including phenoxy) is 1. The molecule has 0 aromatic heterocycles. The maximum atomic E-state index is 14.9. The number of hydrogen-bond acceptors (Lipinski definition) is 4. The SMILES string of the molecule is CN=CCC(=N)c1ccc(Cc2cc3c(c(C)c2C)CN(CC2CCCO2)C3=O)c(F)c1. The monoisotopic (exact) mass is 435 g/mol. The van der Waals surface area contributed by atoms with Crippen LogP contribution in [-0.4, -0.2) is 49.0 Å². The van der Waals surface area contributed by atoms with Crippen molar-refractivity contribution < 1.29 is 13.9 Å². The number of carbonyl (C=O) groups is 1. The zero-order chi connectivity index (χ0) is 22.8. The van der Waals surface area contributed by atoms with E-state index in [2.05, 4.69) is 11.9 Å². The molecule has 1 atom stereocenters. The Bertz CT molecular complexity index is 1090. The summed E-state index contributed by atoms with van der Waals surface area (Å²) in [4.78, 5) is 18.9. The van der Waals surface area contributed by atoms with E-state index in [-0.39, 0.29) is 17.8 Å². The van der Waals surface area contributed by atoms with Crippen molar-refractivity contribution in [2.24, 2.45) is 4.99 Å². The van der Waals surface area contributed by atoms with E-state index in [4.69, 9.17) is 10.1 Å². The fourth-order valence-corrected chi connectivity index (χ4v) is 4.62. The summed E-state index contributed by atoms with van der Waals surface area (Å²) in [5, 5.41) is 8.08. The first-order valence-corrected chi connectivity index (χ1v) is 11.2. The second-order valence-electron chi connectivity index (χ2n) is 8.74. The molecule has 1 saturated heterocycles. The summed E-state index contributed by atoms with van der Waals surface area (Å²) in [7, 11) is 1.66. The maximum Gasteiger partial charge on any atom is 0.254 e. The number of aliphatic imine (C=N–C) groups is 1. The molecule has 32 heavy (non-hydrogen) atoms. The largest absolute Gasteiger partial charge is 0.376 e. The summed E-state index contributed by atoms with van der Waals surface area (Å²) in [6.45, 7) is 6.12. The summed E-state index contributed by atoms with van der Waals surface area (Å²) in [6, 6.07) is 6.90. The van der Waals surface area contributed by atoms with Gasteiger partial charge in [0.05, 0.1) is 6.10 Å². The van der Waals surface area contributed by atoms with Gasteiger partial charge in [0, 0.05) is 57.1 Å². The molecule has 2 aromatic rings. The van der Waals surface area contributed by atoms with Crippen molar-refractivity contribution in [3.8, 4) is 0 Å². The molecule has 2 aliphatic rings. The Morgan fingerprint density at radius 1 is 1.28 bits per heavy atom. The second kappa shape index (κ2) is 9.33. The minimum absolute atomic E-state index is 0.0432. The fourth-order valence-electron chi connectivity index (χ4n) is 4.62. The van der Waals surface area contributed by atoms with Crippen LogP contribution in [0.25, 0.3) is 0 Å². The van der Waals surface area contributed by atoms with Gasteiger partial charge in [0.2, 0.25) is 0 Å². The summed E-state index contributed by atoms with van der Waals surface area (Å²) in [5.41, 5.74) is 6.46. The van der Waals surface area contributed by atoms with Gasteiger partial charge in [-0.15, -0.1) is 0 Å². The lowest BCUT2D eigenvalue weighted by Gasteiger charge is -2.19. The zero-order valence-corrected chi connectivity index (χ0v) is 19.0. The standard InChI is InChI=1S/C26H30FN3O2/c1-16-17(2)23-15-30(14-21-5-4-10-32-21)26(31)22(23)12-20(16)11-18-6-7-19(13-24(18)27)25(28)8-9-29-3/h6-7,9,12-13,21,28H,4-5,8,10-11,14-15H2,1-3H3. The highest BCUT2D eigenvalue weighted by molar-refractivity contribution is 6.05. The van der Waals surface area contributed by atoms with Gasteiger partial charge in [-0.1, -0.05) is 12.1 Å². The number of carbonyl (C=O) groups excluding carboxylic acids is 1. The molecule has 2 aromatic carbocycles. The molecule has 168 valence electrons.